The number of pyridine rings is 1. The number of ether oxygens (including phenoxy) is 1. The second kappa shape index (κ2) is 9.59. The number of nitrogens with zero attached hydrogens (tertiary/aromatic N) is 4. The van der Waals surface area contributed by atoms with E-state index in [1.165, 1.54) is 0 Å². The molecule has 0 bridgehead atoms. The molecule has 0 saturated carbocycles. The number of amides is 1. The molecular weight excluding hydrogens is 420 g/mol. The van der Waals surface area contributed by atoms with Crippen molar-refractivity contribution in [3.8, 4) is 16.3 Å². The monoisotopic (exact) mass is 440 g/mol. The lowest BCUT2D eigenvalue weighted by molar-refractivity contribution is -0.120. The van der Waals surface area contributed by atoms with Gasteiger partial charge >= 0.3 is 0 Å². The molecule has 0 radical (unpaired) electrons. The highest BCUT2D eigenvalue weighted by Gasteiger charge is 2.14. The van der Waals surface area contributed by atoms with Crippen molar-refractivity contribution in [3.05, 3.63) is 47.3 Å². The van der Waals surface area contributed by atoms with Gasteiger partial charge in [0.25, 0.3) is 0 Å². The summed E-state index contributed by atoms with van der Waals surface area (Å²) in [5.41, 5.74) is 1.77. The van der Waals surface area contributed by atoms with Crippen LogP contribution in [0.3, 0.4) is 0 Å². The number of carbonyl (C=O) groups is 1. The van der Waals surface area contributed by atoms with Crippen molar-refractivity contribution in [2.24, 2.45) is 0 Å². The molecule has 1 amide bonds. The summed E-state index contributed by atoms with van der Waals surface area (Å²) in [6, 6.07) is 3.63. The zero-order valence-corrected chi connectivity index (χ0v) is 17.9. The lowest BCUT2D eigenvalue weighted by Gasteiger charge is -2.09. The quantitative estimate of drug-likeness (QED) is 0.385. The average molecular weight is 441 g/mol. The zero-order chi connectivity index (χ0) is 20.8. The molecule has 0 unspecified atom stereocenters. The second-order valence-corrected chi connectivity index (χ2v) is 8.11. The maximum absolute atomic E-state index is 11.4. The Balaban J connectivity index is 1.30. The minimum absolute atomic E-state index is 0.0651. The van der Waals surface area contributed by atoms with Crippen LogP contribution in [0, 0.1) is 0 Å². The molecule has 2 N–H and O–H groups in total. The lowest BCUT2D eigenvalue weighted by Crippen LogP contribution is -2.20. The van der Waals surface area contributed by atoms with Crippen LogP contribution in [0.2, 0.25) is 0 Å². The summed E-state index contributed by atoms with van der Waals surface area (Å²) in [5, 5.41) is 12.0. The molecule has 4 aromatic rings. The van der Waals surface area contributed by atoms with Gasteiger partial charge in [0.15, 0.2) is 0 Å². The topological polar surface area (TPSA) is 102 Å². The van der Waals surface area contributed by atoms with Crippen LogP contribution >= 0.6 is 22.7 Å². The molecule has 0 atom stereocenters. The molecule has 0 aliphatic heterocycles. The molecule has 8 nitrogen and oxygen atoms in total. The van der Waals surface area contributed by atoms with Crippen molar-refractivity contribution in [1.82, 2.24) is 25.3 Å². The smallest absolute Gasteiger partial charge is 0.225 e. The third-order valence-electron chi connectivity index (χ3n) is 4.33. The predicted octanol–water partition coefficient (Wildman–Crippen LogP) is 3.38. The fourth-order valence-electron chi connectivity index (χ4n) is 2.85. The Labute approximate surface area is 181 Å². The predicted molar refractivity (Wildman–Crippen MR) is 119 cm³/mol. The molecule has 0 spiro atoms. The fraction of sp³-hybridized carbons (Fsp3) is 0.250. The molecule has 0 aliphatic carbocycles. The maximum Gasteiger partial charge on any atom is 0.225 e. The zero-order valence-electron chi connectivity index (χ0n) is 16.3. The first kappa shape index (κ1) is 20.2. The van der Waals surface area contributed by atoms with Gasteiger partial charge < -0.3 is 15.4 Å². The van der Waals surface area contributed by atoms with Crippen LogP contribution in [0.5, 0.6) is 5.75 Å². The second-order valence-electron chi connectivity index (χ2n) is 6.35. The van der Waals surface area contributed by atoms with E-state index in [-0.39, 0.29) is 12.3 Å². The van der Waals surface area contributed by atoms with E-state index in [9.17, 15) is 4.79 Å². The van der Waals surface area contributed by atoms with Crippen molar-refractivity contribution in [3.63, 3.8) is 0 Å². The van der Waals surface area contributed by atoms with Crippen LogP contribution < -0.4 is 15.4 Å². The van der Waals surface area contributed by atoms with Crippen LogP contribution in [0.1, 0.15) is 12.1 Å². The van der Waals surface area contributed by atoms with Gasteiger partial charge in [-0.2, -0.15) is 0 Å². The molecule has 4 rings (SSSR count). The van der Waals surface area contributed by atoms with Crippen LogP contribution in [0.15, 0.2) is 41.6 Å². The number of thiophene rings is 1. The highest BCUT2D eigenvalue weighted by atomic mass is 32.1. The summed E-state index contributed by atoms with van der Waals surface area (Å²) in [5.74, 6) is 1.43. The van der Waals surface area contributed by atoms with Gasteiger partial charge in [-0.3, -0.25) is 9.78 Å². The van der Waals surface area contributed by atoms with E-state index < -0.39 is 0 Å². The van der Waals surface area contributed by atoms with Gasteiger partial charge in [0.05, 0.1) is 24.6 Å². The van der Waals surface area contributed by atoms with Gasteiger partial charge in [-0.25, -0.2) is 15.0 Å². The molecule has 30 heavy (non-hydrogen) atoms. The normalized spacial score (nSPS) is 10.8. The third kappa shape index (κ3) is 4.71. The lowest BCUT2D eigenvalue weighted by atomic mass is 10.2. The summed E-state index contributed by atoms with van der Waals surface area (Å²) in [4.78, 5) is 29.8. The molecule has 10 heteroatoms. The Morgan fingerprint density at radius 3 is 2.87 bits per heavy atom. The molecule has 0 aromatic carbocycles. The number of hydrogen-bond acceptors (Lipinski definition) is 9. The van der Waals surface area contributed by atoms with E-state index in [2.05, 4.69) is 35.9 Å². The Hall–Kier alpha value is -3.11. The first-order chi connectivity index (χ1) is 14.7. The fourth-order valence-corrected chi connectivity index (χ4v) is 4.47. The molecular formula is C20H20N6O2S2. The van der Waals surface area contributed by atoms with E-state index in [4.69, 9.17) is 4.74 Å². The van der Waals surface area contributed by atoms with E-state index >= 15 is 0 Å². The van der Waals surface area contributed by atoms with Crippen LogP contribution in [0.25, 0.3) is 20.8 Å². The maximum atomic E-state index is 11.4. The molecule has 0 fully saturated rings. The highest BCUT2D eigenvalue weighted by molar-refractivity contribution is 7.18. The molecule has 0 aliphatic rings. The van der Waals surface area contributed by atoms with E-state index in [1.54, 1.807) is 54.5 Å². The Kier molecular flexibility index (Phi) is 6.45. The van der Waals surface area contributed by atoms with Crippen molar-refractivity contribution in [2.75, 3.05) is 25.5 Å². The summed E-state index contributed by atoms with van der Waals surface area (Å²) < 4.78 is 5.74. The SMILES string of the molecule is CNC(=O)Cc1ccc(OCCCNc2ncnc3scc(-c4nccs4)c23)cn1. The van der Waals surface area contributed by atoms with E-state index in [1.807, 2.05) is 11.4 Å². The molecule has 4 aromatic heterocycles. The van der Waals surface area contributed by atoms with Gasteiger partial charge in [-0.05, 0) is 18.6 Å². The number of fused-ring (bicyclic) bond motifs is 1. The summed E-state index contributed by atoms with van der Waals surface area (Å²) in [6.07, 6.45) is 6.08. The number of anilines is 1. The van der Waals surface area contributed by atoms with Crippen LogP contribution in [-0.4, -0.2) is 46.0 Å². The minimum Gasteiger partial charge on any atom is -0.492 e. The standard InChI is InChI=1S/C20H20N6O2S2/c1-21-16(27)9-13-3-4-14(10-24-13)28-7-2-5-22-18-17-15(19-23-6-8-29-19)11-30-20(17)26-12-25-18/h3-4,6,8,10-12H,2,5,7,9H2,1H3,(H,21,27)(H,22,25,26). The van der Waals surface area contributed by atoms with Crippen LogP contribution in [-0.2, 0) is 11.2 Å². The number of rotatable bonds is 9. The van der Waals surface area contributed by atoms with Gasteiger partial charge in [-0.15, -0.1) is 22.7 Å². The first-order valence-electron chi connectivity index (χ1n) is 9.39. The van der Waals surface area contributed by atoms with Crippen molar-refractivity contribution >= 4 is 44.6 Å². The van der Waals surface area contributed by atoms with Gasteiger partial charge in [0, 0.05) is 41.8 Å². The van der Waals surface area contributed by atoms with E-state index in [0.29, 0.717) is 24.6 Å². The number of nitrogens with one attached hydrogen (secondary N) is 2. The number of likely N-dealkylation sites (N-methyl/N-ethyl adjacent to an activating group) is 1. The summed E-state index contributed by atoms with van der Waals surface area (Å²) in [6.45, 7) is 1.25. The first-order valence-corrected chi connectivity index (χ1v) is 11.1. The number of hydrogen-bond donors (Lipinski definition) is 2. The van der Waals surface area contributed by atoms with Crippen molar-refractivity contribution in [2.45, 2.75) is 12.8 Å². The molecule has 154 valence electrons. The third-order valence-corrected chi connectivity index (χ3v) is 6.03. The average Bonchev–Trinajstić information content (AvgIpc) is 3.44. The Morgan fingerprint density at radius 1 is 1.17 bits per heavy atom. The Bertz CT molecular complexity index is 1110. The van der Waals surface area contributed by atoms with E-state index in [0.717, 1.165) is 33.0 Å². The van der Waals surface area contributed by atoms with Gasteiger partial charge in [-0.1, -0.05) is 0 Å². The largest absolute Gasteiger partial charge is 0.492 e. The summed E-state index contributed by atoms with van der Waals surface area (Å²) >= 11 is 3.20. The number of carbonyl (C=O) groups excluding carboxylic acids is 1. The highest BCUT2D eigenvalue weighted by Crippen LogP contribution is 2.37. The van der Waals surface area contributed by atoms with Gasteiger partial charge in [0.1, 0.15) is 27.7 Å². The Morgan fingerprint density at radius 2 is 2.10 bits per heavy atom. The van der Waals surface area contributed by atoms with Crippen molar-refractivity contribution < 1.29 is 9.53 Å². The molecule has 4 heterocycles. The van der Waals surface area contributed by atoms with Gasteiger partial charge in [0.2, 0.25) is 5.91 Å². The summed E-state index contributed by atoms with van der Waals surface area (Å²) in [7, 11) is 1.61. The minimum atomic E-state index is -0.0651. The van der Waals surface area contributed by atoms with Crippen molar-refractivity contribution in [1.29, 1.82) is 0 Å². The molecule has 0 saturated heterocycles. The number of thiazole rings is 1. The van der Waals surface area contributed by atoms with Crippen LogP contribution in [0.4, 0.5) is 5.82 Å². The number of aromatic nitrogens is 4.